The van der Waals surface area contributed by atoms with Crippen molar-refractivity contribution in [2.75, 3.05) is 0 Å². The molecule has 0 atom stereocenters. The van der Waals surface area contributed by atoms with Gasteiger partial charge >= 0.3 is 0 Å². The van der Waals surface area contributed by atoms with Crippen molar-refractivity contribution in [2.45, 2.75) is 88.5 Å². The van der Waals surface area contributed by atoms with Gasteiger partial charge in [-0.25, -0.2) is 54.8 Å². The van der Waals surface area contributed by atoms with Gasteiger partial charge in [0.05, 0.1) is 55.9 Å². The minimum atomic E-state index is 0.813. The molecule has 0 aliphatic heterocycles. The second-order valence-corrected chi connectivity index (χ2v) is 28.8. The summed E-state index contributed by atoms with van der Waals surface area (Å²) in [5.74, 6) is 1.66. The highest BCUT2D eigenvalue weighted by molar-refractivity contribution is 6.26. The molecular formula is C107H90N14. The summed E-state index contributed by atoms with van der Waals surface area (Å²) >= 11 is 0. The first-order valence-electron chi connectivity index (χ1n) is 41.5. The molecule has 3 aliphatic carbocycles. The van der Waals surface area contributed by atoms with Crippen LogP contribution in [0.2, 0.25) is 0 Å². The van der Waals surface area contributed by atoms with Gasteiger partial charge in [0.15, 0.2) is 0 Å². The molecule has 0 spiro atoms. The van der Waals surface area contributed by atoms with Crippen LogP contribution in [0.15, 0.2) is 329 Å². The van der Waals surface area contributed by atoms with Crippen LogP contribution in [0.5, 0.6) is 0 Å². The average molecular weight is 1570 g/mol. The van der Waals surface area contributed by atoms with Crippen molar-refractivity contribution < 1.29 is 0 Å². The lowest BCUT2D eigenvalue weighted by Gasteiger charge is -2.09. The smallest absolute Gasteiger partial charge is 0.125 e. The normalized spacial score (nSPS) is 11.3. The lowest BCUT2D eigenvalue weighted by molar-refractivity contribution is 1.03. The van der Waals surface area contributed by atoms with Crippen LogP contribution in [-0.2, 0) is 19.3 Å². The summed E-state index contributed by atoms with van der Waals surface area (Å²) < 4.78 is 0. The summed E-state index contributed by atoms with van der Waals surface area (Å²) in [6.07, 6.45) is 20.8. The van der Waals surface area contributed by atoms with Gasteiger partial charge in [-0.2, -0.15) is 0 Å². The molecule has 25 rings (SSSR count). The van der Waals surface area contributed by atoms with Crippen molar-refractivity contribution >= 4 is 130 Å². The highest BCUT2D eigenvalue weighted by Crippen LogP contribution is 2.41. The zero-order valence-electron chi connectivity index (χ0n) is 69.6. The van der Waals surface area contributed by atoms with Gasteiger partial charge in [0.1, 0.15) is 30.6 Å². The van der Waals surface area contributed by atoms with E-state index in [9.17, 15) is 0 Å². The molecule has 121 heavy (non-hydrogen) atoms. The standard InChI is InChI=1S/2C17H12N2.2C16H10N2.2C12H10N2.C11H8N2.3C2H6/c1-11-10-18-16-14-8-4-2-6-12(14)13-7-3-5-9-15(13)17(16)19-11;1-11-18-10-16-14-8-3-2-6-12(14)13-7-4-5-9-15(13)17(16)19-11;1-3-7-13-11(5-1)12-6-2-4-8-14(12)16-15(13)17-9-10-18-16;1-2-7-13-11(5-1)12-6-3-4-8-14(12)16-15(13)9-17-10-18-16;1-8-13-7-10-6-9-4-2-3-5-11(9)12(10)14-8;1-8-11-6-9-4-2-3-5-10(9)12(11)14-7-13-8;1-2-4-10-8(3-1)5-9-6-12-7-13-11(9)10;3*1-2/h2*2-10H,1H3;2*1-10H;2*2-5,7H,6H2,1H3;1-4,6-7H,5H2;3*1-2H3. The molecule has 14 nitrogen and oxygen atoms in total. The van der Waals surface area contributed by atoms with Gasteiger partial charge in [0, 0.05) is 145 Å². The van der Waals surface area contributed by atoms with Gasteiger partial charge in [0.25, 0.3) is 0 Å². The summed E-state index contributed by atoms with van der Waals surface area (Å²) in [6.45, 7) is 19.9. The molecule has 0 bridgehead atoms. The van der Waals surface area contributed by atoms with E-state index in [4.69, 9.17) is 4.98 Å². The van der Waals surface area contributed by atoms with Crippen molar-refractivity contribution in [1.29, 1.82) is 0 Å². The molecule has 22 aromatic rings. The van der Waals surface area contributed by atoms with Crippen LogP contribution in [0, 0.1) is 27.7 Å². The Bertz CT molecular complexity index is 6690. The number of benzene rings is 15. The fourth-order valence-corrected chi connectivity index (χ4v) is 16.5. The molecule has 588 valence electrons. The highest BCUT2D eigenvalue weighted by atomic mass is 14.9. The van der Waals surface area contributed by atoms with E-state index in [0.29, 0.717) is 0 Å². The van der Waals surface area contributed by atoms with Crippen LogP contribution in [0.3, 0.4) is 0 Å². The van der Waals surface area contributed by atoms with Gasteiger partial charge in [-0.15, -0.1) is 0 Å². The van der Waals surface area contributed by atoms with Crippen LogP contribution >= 0.6 is 0 Å². The molecule has 0 fully saturated rings. The average Bonchev–Trinajstić information content (AvgIpc) is 1.12. The van der Waals surface area contributed by atoms with E-state index in [-0.39, 0.29) is 0 Å². The summed E-state index contributed by atoms with van der Waals surface area (Å²) in [4.78, 5) is 61.5. The molecule has 0 radical (unpaired) electrons. The van der Waals surface area contributed by atoms with E-state index in [0.717, 1.165) is 103 Å². The third-order valence-electron chi connectivity index (χ3n) is 21.8. The topological polar surface area (TPSA) is 180 Å². The molecule has 14 heteroatoms. The lowest BCUT2D eigenvalue weighted by atomic mass is 9.98. The second-order valence-electron chi connectivity index (χ2n) is 28.8. The monoisotopic (exact) mass is 1570 g/mol. The van der Waals surface area contributed by atoms with Crippen molar-refractivity contribution in [3.05, 3.63) is 386 Å². The summed E-state index contributed by atoms with van der Waals surface area (Å²) in [6, 6.07) is 92.5. The lowest BCUT2D eigenvalue weighted by Crippen LogP contribution is -1.92. The Kier molecular flexibility index (Phi) is 24.2. The molecule has 3 aliphatic rings. The number of rotatable bonds is 0. The maximum Gasteiger partial charge on any atom is 0.125 e. The second kappa shape index (κ2) is 36.7. The first-order chi connectivity index (χ1) is 59.7. The molecule has 7 heterocycles. The molecule has 0 N–H and O–H groups in total. The Morgan fingerprint density at radius 2 is 0.545 bits per heavy atom. The van der Waals surface area contributed by atoms with Crippen molar-refractivity contribution in [3.63, 3.8) is 0 Å². The Balaban J connectivity index is 0.000000104. The van der Waals surface area contributed by atoms with E-state index in [2.05, 4.69) is 320 Å². The van der Waals surface area contributed by atoms with Crippen LogP contribution in [-0.4, -0.2) is 69.8 Å². The predicted octanol–water partition coefficient (Wildman–Crippen LogP) is 26.2. The number of hydrogen-bond donors (Lipinski definition) is 0. The first kappa shape index (κ1) is 79.8. The fraction of sp³-hybridized carbons (Fsp3) is 0.121. The molecule has 0 amide bonds. The summed E-state index contributed by atoms with van der Waals surface area (Å²) in [5.41, 5.74) is 23.1. The molecule has 0 saturated carbocycles. The quantitative estimate of drug-likeness (QED) is 0.131. The number of hydrogen-bond acceptors (Lipinski definition) is 14. The summed E-state index contributed by atoms with van der Waals surface area (Å²) in [7, 11) is 0. The molecule has 7 aromatic heterocycles. The van der Waals surface area contributed by atoms with E-state index in [1.165, 1.54) is 136 Å². The van der Waals surface area contributed by atoms with Gasteiger partial charge in [-0.05, 0) is 98.2 Å². The maximum atomic E-state index is 4.69. The number of aromatic nitrogens is 14. The van der Waals surface area contributed by atoms with Gasteiger partial charge in [0.2, 0.25) is 0 Å². The zero-order valence-corrected chi connectivity index (χ0v) is 69.6. The van der Waals surface area contributed by atoms with Crippen molar-refractivity contribution in [2.24, 2.45) is 0 Å². The van der Waals surface area contributed by atoms with E-state index < -0.39 is 0 Å². The highest BCUT2D eigenvalue weighted by Gasteiger charge is 2.23. The Labute approximate surface area is 703 Å². The summed E-state index contributed by atoms with van der Waals surface area (Å²) in [5, 5.41) is 21.7. The minimum Gasteiger partial charge on any atom is -0.252 e. The SMILES string of the molecule is CC.CC.CC.Cc1cnc2c3ccccc3c3ccccc3c2n1.Cc1ncc2c(n1)-c1ccccc1C2.Cc1ncc2c3ccccc3c3ccccc3c2n1.Cc1ncnc2c1Cc1ccccc1-2.c1ccc2c(c1)Cc1cncnc1-2.c1ccc2c(c1)c1ccccc1c1nccnc21.c1ccc2c(c1)c1ccccc1c1ncncc21. The van der Waals surface area contributed by atoms with Gasteiger partial charge in [-0.1, -0.05) is 308 Å². The number of nitrogens with zero attached hydrogens (tertiary/aromatic N) is 14. The Morgan fingerprint density at radius 3 is 1.04 bits per heavy atom. The third-order valence-corrected chi connectivity index (χ3v) is 21.8. The molecule has 0 saturated heterocycles. The fourth-order valence-electron chi connectivity index (χ4n) is 16.5. The Hall–Kier alpha value is -15.0. The molecule has 15 aromatic carbocycles. The maximum absolute atomic E-state index is 4.69. The van der Waals surface area contributed by atoms with Crippen molar-refractivity contribution in [3.8, 4) is 33.8 Å². The third kappa shape index (κ3) is 16.0. The largest absolute Gasteiger partial charge is 0.252 e. The predicted molar refractivity (Wildman–Crippen MR) is 502 cm³/mol. The minimum absolute atomic E-state index is 0.813. The van der Waals surface area contributed by atoms with Crippen molar-refractivity contribution in [1.82, 2.24) is 69.8 Å². The first-order valence-corrected chi connectivity index (χ1v) is 41.5. The number of fused-ring (bicyclic) bond motifs is 33. The van der Waals surface area contributed by atoms with Gasteiger partial charge < -0.3 is 0 Å². The van der Waals surface area contributed by atoms with Crippen LogP contribution in [0.25, 0.3) is 164 Å². The zero-order chi connectivity index (χ0) is 83.3. The molecule has 0 unspecified atom stereocenters. The van der Waals surface area contributed by atoms with Crippen LogP contribution in [0.4, 0.5) is 0 Å². The van der Waals surface area contributed by atoms with Gasteiger partial charge in [-0.3, -0.25) is 15.0 Å². The van der Waals surface area contributed by atoms with E-state index in [1.54, 1.807) is 31.4 Å². The Morgan fingerprint density at radius 1 is 0.207 bits per heavy atom. The molecular weight excluding hydrogens is 1480 g/mol. The van der Waals surface area contributed by atoms with Crippen LogP contribution in [0.1, 0.15) is 98.0 Å². The van der Waals surface area contributed by atoms with E-state index in [1.807, 2.05) is 112 Å². The van der Waals surface area contributed by atoms with E-state index >= 15 is 0 Å². The van der Waals surface area contributed by atoms with Crippen LogP contribution < -0.4 is 0 Å². The number of aryl methyl sites for hydroxylation is 4.